The molecule has 3 aromatic rings. The fourth-order valence-electron chi connectivity index (χ4n) is 4.14. The molecule has 1 saturated heterocycles. The molecule has 10 nitrogen and oxygen atoms in total. The molecule has 1 aliphatic rings. The lowest BCUT2D eigenvalue weighted by Crippen LogP contribution is -2.49. The first kappa shape index (κ1) is 27.4. The van der Waals surface area contributed by atoms with Crippen LogP contribution in [0.3, 0.4) is 0 Å². The van der Waals surface area contributed by atoms with Crippen LogP contribution < -0.4 is 10.5 Å². The fourth-order valence-corrected chi connectivity index (χ4v) is 4.98. The number of nitrogen functional groups attached to an aromatic ring is 1. The van der Waals surface area contributed by atoms with Crippen molar-refractivity contribution in [3.63, 3.8) is 0 Å². The maximum Gasteiger partial charge on any atom is 0.470 e. The molecule has 4 rings (SSSR count). The van der Waals surface area contributed by atoms with Crippen LogP contribution >= 0.6 is 0 Å². The lowest BCUT2D eigenvalue weighted by atomic mass is 10.1. The molecule has 0 radical (unpaired) electrons. The molecular weight excluding hydrogens is 537 g/mol. The van der Waals surface area contributed by atoms with Gasteiger partial charge in [0, 0.05) is 25.2 Å². The van der Waals surface area contributed by atoms with Crippen molar-refractivity contribution < 1.29 is 35.2 Å². The number of alkyl halides is 5. The van der Waals surface area contributed by atoms with Crippen LogP contribution in [0.2, 0.25) is 0 Å². The molecule has 38 heavy (non-hydrogen) atoms. The molecule has 1 amide bonds. The maximum atomic E-state index is 13.3. The topological polar surface area (TPSA) is 136 Å². The lowest BCUT2D eigenvalue weighted by molar-refractivity contribution is -0.241. The first-order valence-electron chi connectivity index (χ1n) is 11.2. The van der Waals surface area contributed by atoms with Crippen molar-refractivity contribution in [3.8, 4) is 11.3 Å². The van der Waals surface area contributed by atoms with Crippen LogP contribution in [0.25, 0.3) is 22.3 Å². The summed E-state index contributed by atoms with van der Waals surface area (Å²) in [4.78, 5) is 22.1. The fraction of sp³-hybridized carbons (Fsp3) is 0.364. The zero-order valence-electron chi connectivity index (χ0n) is 19.6. The summed E-state index contributed by atoms with van der Waals surface area (Å²) >= 11 is 0. The van der Waals surface area contributed by atoms with Gasteiger partial charge in [-0.25, -0.2) is 27.8 Å². The van der Waals surface area contributed by atoms with Gasteiger partial charge in [-0.3, -0.25) is 4.79 Å². The molecule has 0 spiro atoms. The Morgan fingerprint density at radius 3 is 2.50 bits per heavy atom. The van der Waals surface area contributed by atoms with Crippen molar-refractivity contribution in [2.75, 3.05) is 18.8 Å². The summed E-state index contributed by atoms with van der Waals surface area (Å²) in [6, 6.07) is 5.44. The molecule has 0 unspecified atom stereocenters. The molecule has 0 bridgehead atoms. The third kappa shape index (κ3) is 4.92. The molecule has 16 heteroatoms. The number of fused-ring (bicyclic) bond motifs is 1. The van der Waals surface area contributed by atoms with Crippen molar-refractivity contribution in [3.05, 3.63) is 48.8 Å². The number of rotatable bonds is 7. The second kappa shape index (κ2) is 9.90. The molecular formula is C22H22F5N7O3S. The Kier molecular flexibility index (Phi) is 7.13. The third-order valence-corrected chi connectivity index (χ3v) is 7.54. The number of piperidine rings is 1. The van der Waals surface area contributed by atoms with Gasteiger partial charge in [0.2, 0.25) is 5.91 Å². The predicted octanol–water partition coefficient (Wildman–Crippen LogP) is 3.00. The van der Waals surface area contributed by atoms with E-state index in [4.69, 9.17) is 5.73 Å². The van der Waals surface area contributed by atoms with Crippen molar-refractivity contribution >= 4 is 32.8 Å². The second-order valence-corrected chi connectivity index (χ2v) is 10.4. The Hall–Kier alpha value is -3.66. The zero-order valence-corrected chi connectivity index (χ0v) is 20.4. The number of benzene rings is 1. The number of likely N-dealkylation sites (tertiary alicyclic amines) is 1. The first-order chi connectivity index (χ1) is 17.8. The predicted molar refractivity (Wildman–Crippen MR) is 127 cm³/mol. The number of sulfonamides is 1. The van der Waals surface area contributed by atoms with E-state index in [0.29, 0.717) is 41.8 Å². The van der Waals surface area contributed by atoms with E-state index < -0.39 is 28.0 Å². The van der Waals surface area contributed by atoms with Gasteiger partial charge in [0.25, 0.3) is 10.0 Å². The summed E-state index contributed by atoms with van der Waals surface area (Å²) in [5.41, 5.74) is 7.52. The highest BCUT2D eigenvalue weighted by Crippen LogP contribution is 2.39. The highest BCUT2D eigenvalue weighted by atomic mass is 32.2. The molecule has 1 aromatic carbocycles. The van der Waals surface area contributed by atoms with E-state index in [9.17, 15) is 35.2 Å². The van der Waals surface area contributed by atoms with Crippen LogP contribution in [-0.4, -0.2) is 63.5 Å². The van der Waals surface area contributed by atoms with E-state index in [0.717, 1.165) is 6.42 Å². The van der Waals surface area contributed by atoms with Crippen molar-refractivity contribution in [1.29, 1.82) is 0 Å². The zero-order chi connectivity index (χ0) is 27.9. The van der Waals surface area contributed by atoms with Gasteiger partial charge in [-0.2, -0.15) is 27.1 Å². The van der Waals surface area contributed by atoms with Crippen molar-refractivity contribution in [2.24, 2.45) is 0 Å². The Morgan fingerprint density at radius 1 is 1.18 bits per heavy atom. The number of nitrogens with one attached hydrogen (secondary N) is 1. The number of nitrogens with zero attached hydrogens (tertiary/aromatic N) is 5. The molecule has 2 aromatic heterocycles. The number of aromatic nitrogens is 4. The summed E-state index contributed by atoms with van der Waals surface area (Å²) in [6.45, 7) is 3.66. The minimum absolute atomic E-state index is 0.120. The van der Waals surface area contributed by atoms with Gasteiger partial charge in [-0.1, -0.05) is 30.8 Å². The quantitative estimate of drug-likeness (QED) is 0.336. The third-order valence-electron chi connectivity index (χ3n) is 6.11. The van der Waals surface area contributed by atoms with Gasteiger partial charge >= 0.3 is 11.4 Å². The maximum absolute atomic E-state index is 13.3. The number of hydrogen-bond donors (Lipinski definition) is 2. The summed E-state index contributed by atoms with van der Waals surface area (Å²) in [6.07, 6.45) is -2.32. The van der Waals surface area contributed by atoms with E-state index in [-0.39, 0.29) is 23.3 Å². The summed E-state index contributed by atoms with van der Waals surface area (Å²) in [5, 5.41) is -0.849. The standard InChI is InChI=1S/C22H22F5N7O3S/c1-2-16(35)33-9-3-4-15(11-33)34-20-17(19(28)29-12-30-20)18(32-34)14-7-5-13(6-8-14)10-31-38(36,37)22(26,27)21(23,24)25/h2,5-8,12,15,31H,1,3-4,9-11H2,(H2,28,29,30)/t15-/m1/s1. The summed E-state index contributed by atoms with van der Waals surface area (Å²) in [5.74, 6) is -0.0722. The van der Waals surface area contributed by atoms with Crippen LogP contribution in [0.4, 0.5) is 27.8 Å². The van der Waals surface area contributed by atoms with E-state index in [2.05, 4.69) is 21.6 Å². The van der Waals surface area contributed by atoms with Crippen LogP contribution in [-0.2, 0) is 21.4 Å². The molecule has 0 saturated carbocycles. The van der Waals surface area contributed by atoms with Gasteiger partial charge in [0.15, 0.2) is 5.65 Å². The number of halogens is 5. The highest BCUT2D eigenvalue weighted by molar-refractivity contribution is 7.90. The SMILES string of the molecule is C=CC(=O)N1CCC[C@@H](n2nc(-c3ccc(CNS(=O)(=O)C(F)(F)C(F)(F)F)cc3)c3c(N)ncnc32)C1. The Bertz CT molecular complexity index is 1470. The van der Waals surface area contributed by atoms with E-state index in [1.165, 1.54) is 41.4 Å². The van der Waals surface area contributed by atoms with Crippen LogP contribution in [0.1, 0.15) is 24.4 Å². The summed E-state index contributed by atoms with van der Waals surface area (Å²) in [7, 11) is -6.03. The van der Waals surface area contributed by atoms with Crippen molar-refractivity contribution in [1.82, 2.24) is 29.4 Å². The van der Waals surface area contributed by atoms with Gasteiger partial charge in [-0.05, 0) is 24.5 Å². The van der Waals surface area contributed by atoms with Crippen LogP contribution in [0.5, 0.6) is 0 Å². The normalized spacial score (nSPS) is 17.1. The number of amides is 1. The molecule has 3 heterocycles. The molecule has 204 valence electrons. The minimum Gasteiger partial charge on any atom is -0.383 e. The van der Waals surface area contributed by atoms with Gasteiger partial charge in [0.1, 0.15) is 17.8 Å². The van der Waals surface area contributed by atoms with E-state index in [1.54, 1.807) is 9.58 Å². The average Bonchev–Trinajstić information content (AvgIpc) is 3.28. The first-order valence-corrected chi connectivity index (χ1v) is 12.7. The number of anilines is 1. The average molecular weight is 560 g/mol. The molecule has 3 N–H and O–H groups in total. The van der Waals surface area contributed by atoms with E-state index in [1.807, 2.05) is 0 Å². The number of carbonyl (C=O) groups is 1. The monoisotopic (exact) mass is 559 g/mol. The molecule has 0 aliphatic carbocycles. The minimum atomic E-state index is -6.26. The highest BCUT2D eigenvalue weighted by Gasteiger charge is 2.67. The number of nitrogens with two attached hydrogens (primary N) is 1. The Morgan fingerprint density at radius 2 is 1.87 bits per heavy atom. The van der Waals surface area contributed by atoms with Crippen LogP contribution in [0.15, 0.2) is 43.2 Å². The molecule has 1 fully saturated rings. The number of carbonyl (C=O) groups excluding carboxylic acids is 1. The van der Waals surface area contributed by atoms with Gasteiger partial charge in [0.05, 0.1) is 11.4 Å². The largest absolute Gasteiger partial charge is 0.470 e. The molecule has 1 aliphatic heterocycles. The Balaban J connectivity index is 1.62. The van der Waals surface area contributed by atoms with Gasteiger partial charge in [-0.15, -0.1) is 0 Å². The smallest absolute Gasteiger partial charge is 0.383 e. The Labute approximate surface area is 213 Å². The molecule has 1 atom stereocenters. The summed E-state index contributed by atoms with van der Waals surface area (Å²) < 4.78 is 89.9. The second-order valence-electron chi connectivity index (χ2n) is 8.57. The van der Waals surface area contributed by atoms with E-state index >= 15 is 0 Å². The van der Waals surface area contributed by atoms with Gasteiger partial charge < -0.3 is 10.6 Å². The van der Waals surface area contributed by atoms with Crippen LogP contribution in [0, 0.1) is 0 Å². The van der Waals surface area contributed by atoms with Crippen molar-refractivity contribution in [2.45, 2.75) is 36.9 Å². The number of hydrogen-bond acceptors (Lipinski definition) is 7. The lowest BCUT2D eigenvalue weighted by Gasteiger charge is -2.32.